The number of hydrogen-bond acceptors (Lipinski definition) is 5. The fourth-order valence-corrected chi connectivity index (χ4v) is 2.10. The Labute approximate surface area is 127 Å². The molecule has 5 heteroatoms. The van der Waals surface area contributed by atoms with E-state index in [9.17, 15) is 5.11 Å². The van der Waals surface area contributed by atoms with Crippen LogP contribution in [0.25, 0.3) is 0 Å². The van der Waals surface area contributed by atoms with Crippen LogP contribution in [0.15, 0.2) is 30.3 Å². The van der Waals surface area contributed by atoms with Crippen LogP contribution in [0.3, 0.4) is 0 Å². The lowest BCUT2D eigenvalue weighted by atomic mass is 10.2. The maximum absolute atomic E-state index is 10.1. The molecule has 120 valence electrons. The molecule has 21 heavy (non-hydrogen) atoms. The van der Waals surface area contributed by atoms with Crippen molar-refractivity contribution in [2.45, 2.75) is 19.1 Å². The van der Waals surface area contributed by atoms with Crippen LogP contribution in [0.2, 0.25) is 0 Å². The van der Waals surface area contributed by atoms with Gasteiger partial charge in [0.05, 0.1) is 25.9 Å². The number of nitrogens with zero attached hydrogens (tertiary/aromatic N) is 1. The smallest absolute Gasteiger partial charge is 0.0900 e. The Morgan fingerprint density at radius 1 is 1.24 bits per heavy atom. The Hall–Kier alpha value is -0.980. The second-order valence-corrected chi connectivity index (χ2v) is 5.08. The number of ether oxygens (including phenoxy) is 2. The minimum absolute atomic E-state index is 0.331. The van der Waals surface area contributed by atoms with E-state index in [1.54, 1.807) is 7.11 Å². The Bertz CT molecular complexity index is 349. The van der Waals surface area contributed by atoms with Crippen molar-refractivity contribution < 1.29 is 14.6 Å². The fourth-order valence-electron chi connectivity index (χ4n) is 2.10. The molecule has 0 radical (unpaired) electrons. The number of aliphatic hydroxyl groups excluding tert-OH is 1. The molecular formula is C16H28N2O3. The number of aliphatic hydroxyl groups is 1. The van der Waals surface area contributed by atoms with Gasteiger partial charge in [-0.1, -0.05) is 30.3 Å². The summed E-state index contributed by atoms with van der Waals surface area (Å²) in [6, 6.07) is 10.3. The molecule has 0 aromatic heterocycles. The predicted octanol–water partition coefficient (Wildman–Crippen LogP) is 0.861. The van der Waals surface area contributed by atoms with Crippen LogP contribution in [0, 0.1) is 0 Å². The Kier molecular flexibility index (Phi) is 10.0. The van der Waals surface area contributed by atoms with E-state index in [2.05, 4.69) is 17.0 Å². The average molecular weight is 296 g/mol. The maximum atomic E-state index is 10.1. The van der Waals surface area contributed by atoms with Crippen molar-refractivity contribution in [1.29, 1.82) is 0 Å². The van der Waals surface area contributed by atoms with Gasteiger partial charge in [-0.25, -0.2) is 0 Å². The van der Waals surface area contributed by atoms with Crippen LogP contribution in [0.5, 0.6) is 0 Å². The molecule has 1 unspecified atom stereocenters. The topological polar surface area (TPSA) is 68.0 Å². The summed E-state index contributed by atoms with van der Waals surface area (Å²) in [7, 11) is 1.63. The molecule has 1 rings (SSSR count). The van der Waals surface area contributed by atoms with Gasteiger partial charge in [-0.15, -0.1) is 0 Å². The first-order valence-corrected chi connectivity index (χ1v) is 7.47. The molecule has 0 aliphatic rings. The summed E-state index contributed by atoms with van der Waals surface area (Å²) in [5.41, 5.74) is 6.82. The van der Waals surface area contributed by atoms with Crippen molar-refractivity contribution in [3.63, 3.8) is 0 Å². The molecule has 0 spiro atoms. The summed E-state index contributed by atoms with van der Waals surface area (Å²) in [4.78, 5) is 2.21. The van der Waals surface area contributed by atoms with E-state index in [-0.39, 0.29) is 0 Å². The van der Waals surface area contributed by atoms with Gasteiger partial charge in [0.15, 0.2) is 0 Å². The minimum Gasteiger partial charge on any atom is -0.389 e. The van der Waals surface area contributed by atoms with Crippen molar-refractivity contribution in [3.05, 3.63) is 35.9 Å². The molecule has 5 nitrogen and oxygen atoms in total. The van der Waals surface area contributed by atoms with E-state index in [1.807, 2.05) is 18.2 Å². The third-order valence-electron chi connectivity index (χ3n) is 3.14. The van der Waals surface area contributed by atoms with E-state index >= 15 is 0 Å². The molecule has 0 saturated heterocycles. The Morgan fingerprint density at radius 2 is 2.00 bits per heavy atom. The highest BCUT2D eigenvalue weighted by Crippen LogP contribution is 2.06. The molecule has 0 aliphatic heterocycles. The molecule has 0 aliphatic carbocycles. The molecule has 1 atom stereocenters. The van der Waals surface area contributed by atoms with Crippen LogP contribution >= 0.6 is 0 Å². The summed E-state index contributed by atoms with van der Waals surface area (Å²) in [5.74, 6) is 0. The standard InChI is InChI=1S/C16H28N2O3/c1-20-10-11-21-14-16(19)13-18(9-5-8-17)12-15-6-3-2-4-7-15/h2-4,6-7,16,19H,5,8-14,17H2,1H3. The molecule has 0 saturated carbocycles. The number of rotatable bonds is 12. The van der Waals surface area contributed by atoms with Gasteiger partial charge in [0, 0.05) is 20.2 Å². The number of methoxy groups -OCH3 is 1. The number of benzene rings is 1. The van der Waals surface area contributed by atoms with Crippen molar-refractivity contribution >= 4 is 0 Å². The Balaban J connectivity index is 2.38. The fraction of sp³-hybridized carbons (Fsp3) is 0.625. The average Bonchev–Trinajstić information content (AvgIpc) is 2.50. The highest BCUT2D eigenvalue weighted by atomic mass is 16.5. The zero-order chi connectivity index (χ0) is 15.3. The lowest BCUT2D eigenvalue weighted by molar-refractivity contribution is -0.00163. The van der Waals surface area contributed by atoms with Crippen molar-refractivity contribution in [1.82, 2.24) is 4.90 Å². The van der Waals surface area contributed by atoms with Gasteiger partial charge in [0.1, 0.15) is 0 Å². The van der Waals surface area contributed by atoms with Gasteiger partial charge in [-0.3, -0.25) is 4.90 Å². The van der Waals surface area contributed by atoms with Crippen molar-refractivity contribution in [2.75, 3.05) is 46.6 Å². The van der Waals surface area contributed by atoms with E-state index in [4.69, 9.17) is 15.2 Å². The van der Waals surface area contributed by atoms with E-state index in [0.29, 0.717) is 32.9 Å². The monoisotopic (exact) mass is 296 g/mol. The first-order valence-electron chi connectivity index (χ1n) is 7.47. The van der Waals surface area contributed by atoms with Crippen LogP contribution in [0.4, 0.5) is 0 Å². The predicted molar refractivity (Wildman–Crippen MR) is 84.1 cm³/mol. The minimum atomic E-state index is -0.497. The third-order valence-corrected chi connectivity index (χ3v) is 3.14. The van der Waals surface area contributed by atoms with E-state index < -0.39 is 6.10 Å². The van der Waals surface area contributed by atoms with Crippen molar-refractivity contribution in [2.24, 2.45) is 5.73 Å². The first-order chi connectivity index (χ1) is 10.3. The third kappa shape index (κ3) is 8.80. The molecule has 0 fully saturated rings. The van der Waals surface area contributed by atoms with Gasteiger partial charge in [0.2, 0.25) is 0 Å². The molecule has 0 heterocycles. The van der Waals surface area contributed by atoms with Crippen LogP contribution in [-0.2, 0) is 16.0 Å². The zero-order valence-corrected chi connectivity index (χ0v) is 12.9. The summed E-state index contributed by atoms with van der Waals surface area (Å²) in [5, 5.41) is 10.1. The largest absolute Gasteiger partial charge is 0.389 e. The van der Waals surface area contributed by atoms with Crippen LogP contribution < -0.4 is 5.73 Å². The molecule has 3 N–H and O–H groups in total. The summed E-state index contributed by atoms with van der Waals surface area (Å²) in [6.45, 7) is 4.32. The number of nitrogens with two attached hydrogens (primary N) is 1. The lowest BCUT2D eigenvalue weighted by Crippen LogP contribution is -2.36. The van der Waals surface area contributed by atoms with Crippen molar-refractivity contribution in [3.8, 4) is 0 Å². The van der Waals surface area contributed by atoms with Gasteiger partial charge in [-0.05, 0) is 25.1 Å². The van der Waals surface area contributed by atoms with Gasteiger partial charge in [-0.2, -0.15) is 0 Å². The highest BCUT2D eigenvalue weighted by molar-refractivity contribution is 5.14. The SMILES string of the molecule is COCCOCC(O)CN(CCCN)Cc1ccccc1. The first kappa shape index (κ1) is 18.1. The normalized spacial score (nSPS) is 12.8. The second kappa shape index (κ2) is 11.7. The van der Waals surface area contributed by atoms with Gasteiger partial charge in [0.25, 0.3) is 0 Å². The molecule has 1 aromatic carbocycles. The molecule has 0 bridgehead atoms. The van der Waals surface area contributed by atoms with Crippen LogP contribution in [-0.4, -0.2) is 62.7 Å². The summed E-state index contributed by atoms with van der Waals surface area (Å²) >= 11 is 0. The quantitative estimate of drug-likeness (QED) is 0.560. The van der Waals surface area contributed by atoms with Crippen LogP contribution in [0.1, 0.15) is 12.0 Å². The number of hydrogen-bond donors (Lipinski definition) is 2. The Morgan fingerprint density at radius 3 is 2.67 bits per heavy atom. The zero-order valence-electron chi connectivity index (χ0n) is 12.9. The molecular weight excluding hydrogens is 268 g/mol. The van der Waals surface area contributed by atoms with Gasteiger partial charge >= 0.3 is 0 Å². The molecule has 0 amide bonds. The second-order valence-electron chi connectivity index (χ2n) is 5.08. The lowest BCUT2D eigenvalue weighted by Gasteiger charge is -2.25. The molecule has 1 aromatic rings. The summed E-state index contributed by atoms with van der Waals surface area (Å²) < 4.78 is 10.3. The van der Waals surface area contributed by atoms with Gasteiger partial charge < -0.3 is 20.3 Å². The maximum Gasteiger partial charge on any atom is 0.0900 e. The highest BCUT2D eigenvalue weighted by Gasteiger charge is 2.12. The van der Waals surface area contributed by atoms with E-state index in [0.717, 1.165) is 19.5 Å². The summed E-state index contributed by atoms with van der Waals surface area (Å²) in [6.07, 6.45) is 0.424. The van der Waals surface area contributed by atoms with E-state index in [1.165, 1.54) is 5.56 Å².